The van der Waals surface area contributed by atoms with Gasteiger partial charge >= 0.3 is 30.3 Å². The van der Waals surface area contributed by atoms with Crippen LogP contribution in [0.5, 0.6) is 11.8 Å². The summed E-state index contributed by atoms with van der Waals surface area (Å²) in [5, 5.41) is 37.0. The van der Waals surface area contributed by atoms with Crippen molar-refractivity contribution in [2.45, 2.75) is 82.0 Å². The molecule has 3 atom stereocenters. The van der Waals surface area contributed by atoms with Gasteiger partial charge in [0.05, 0.1) is 16.5 Å². The number of nitrogens with zero attached hydrogens (tertiary/aromatic N) is 5. The van der Waals surface area contributed by atoms with Crippen LogP contribution in [0.4, 0.5) is 45.3 Å². The fourth-order valence-electron chi connectivity index (χ4n) is 7.60. The number of carboxylic acid groups (broad SMARTS) is 2. The Labute approximate surface area is 323 Å². The second-order valence-corrected chi connectivity index (χ2v) is 14.5. The maximum absolute atomic E-state index is 16.7. The SMILES string of the molecule is CCc1c(F)ccc2cc(O)cc(-c3ncc4c(N5CCC[C@@](C)(O)C5)nc(OC[C@]56CCCN5C[C@@H](F)C6)nc4c3F)c12.O=C(O)C(F)(F)F.O=C(O)C(F)(F)F. The number of β-amino-alcohol motifs (C(OH)–C–C–N with tert-alkyl or cyclic N) is 1. The van der Waals surface area contributed by atoms with Crippen molar-refractivity contribution in [3.8, 4) is 23.0 Å². The summed E-state index contributed by atoms with van der Waals surface area (Å²) in [6.07, 6.45) is -5.81. The van der Waals surface area contributed by atoms with E-state index in [1.165, 1.54) is 24.4 Å². The highest BCUT2D eigenvalue weighted by molar-refractivity contribution is 6.01. The van der Waals surface area contributed by atoms with Gasteiger partial charge in [-0.25, -0.2) is 22.8 Å². The number of hydrogen-bond donors (Lipinski definition) is 4. The third-order valence-corrected chi connectivity index (χ3v) is 10.1. The molecule has 4 aromatic rings. The van der Waals surface area contributed by atoms with Crippen LogP contribution in [0.15, 0.2) is 30.5 Å². The molecule has 316 valence electrons. The van der Waals surface area contributed by atoms with Crippen LogP contribution in [0.2, 0.25) is 0 Å². The molecule has 12 nitrogen and oxygen atoms in total. The van der Waals surface area contributed by atoms with E-state index >= 15 is 4.39 Å². The number of phenolic OH excluding ortho intramolecular Hbond substituents is 1. The molecule has 3 aliphatic heterocycles. The lowest BCUT2D eigenvalue weighted by atomic mass is 9.94. The monoisotopic (exact) mass is 835 g/mol. The Morgan fingerprint density at radius 2 is 1.62 bits per heavy atom. The minimum absolute atomic E-state index is 0.0401. The first-order chi connectivity index (χ1) is 27.0. The van der Waals surface area contributed by atoms with Gasteiger partial charge in [0.2, 0.25) is 0 Å². The van der Waals surface area contributed by atoms with Crippen molar-refractivity contribution in [2.75, 3.05) is 37.7 Å². The molecular formula is C37H38F9N5O7. The molecule has 0 aliphatic carbocycles. The van der Waals surface area contributed by atoms with E-state index in [9.17, 15) is 45.3 Å². The molecule has 3 saturated heterocycles. The Kier molecular flexibility index (Phi) is 12.6. The predicted octanol–water partition coefficient (Wildman–Crippen LogP) is 6.96. The number of ether oxygens (including phenoxy) is 1. The molecule has 0 saturated carbocycles. The molecule has 21 heteroatoms. The topological polar surface area (TPSA) is 169 Å². The zero-order chi connectivity index (χ0) is 43.0. The molecule has 5 heterocycles. The summed E-state index contributed by atoms with van der Waals surface area (Å²) >= 11 is 0. The molecule has 3 aliphatic rings. The number of halogens is 9. The number of aromatic nitrogens is 3. The summed E-state index contributed by atoms with van der Waals surface area (Å²) in [5.41, 5.74) is -0.898. The van der Waals surface area contributed by atoms with Gasteiger partial charge < -0.3 is 30.1 Å². The number of fused-ring (bicyclic) bond motifs is 3. The number of aliphatic hydroxyl groups is 1. The second-order valence-electron chi connectivity index (χ2n) is 14.5. The Hall–Kier alpha value is -5.18. The maximum atomic E-state index is 16.7. The Morgan fingerprint density at radius 3 is 2.22 bits per heavy atom. The summed E-state index contributed by atoms with van der Waals surface area (Å²) in [6.45, 7) is 5.79. The highest BCUT2D eigenvalue weighted by atomic mass is 19.4. The Bertz CT molecular complexity index is 2160. The van der Waals surface area contributed by atoms with Gasteiger partial charge in [-0.3, -0.25) is 9.88 Å². The molecule has 0 spiro atoms. The van der Waals surface area contributed by atoms with Gasteiger partial charge in [0.25, 0.3) is 0 Å². The molecule has 7 rings (SSSR count). The molecule has 4 N–H and O–H groups in total. The van der Waals surface area contributed by atoms with Crippen LogP contribution in [-0.2, 0) is 16.0 Å². The van der Waals surface area contributed by atoms with Crippen molar-refractivity contribution in [1.82, 2.24) is 19.9 Å². The van der Waals surface area contributed by atoms with Crippen LogP contribution < -0.4 is 9.64 Å². The molecule has 58 heavy (non-hydrogen) atoms. The fourth-order valence-corrected chi connectivity index (χ4v) is 7.60. The minimum atomic E-state index is -5.08. The highest BCUT2D eigenvalue weighted by Gasteiger charge is 2.49. The third-order valence-electron chi connectivity index (χ3n) is 10.1. The summed E-state index contributed by atoms with van der Waals surface area (Å²) in [4.78, 5) is 35.5. The highest BCUT2D eigenvalue weighted by Crippen LogP contribution is 2.42. The first kappa shape index (κ1) is 43.9. The first-order valence-electron chi connectivity index (χ1n) is 17.9. The second kappa shape index (κ2) is 16.6. The quantitative estimate of drug-likeness (QED) is 0.148. The summed E-state index contributed by atoms with van der Waals surface area (Å²) in [6, 6.07) is 5.75. The smallest absolute Gasteiger partial charge is 0.490 e. The number of phenols is 1. The summed E-state index contributed by atoms with van der Waals surface area (Å²) in [5.74, 6) is -6.41. The van der Waals surface area contributed by atoms with Crippen LogP contribution >= 0.6 is 0 Å². The van der Waals surface area contributed by atoms with Gasteiger partial charge in [-0.1, -0.05) is 13.0 Å². The lowest BCUT2D eigenvalue weighted by Crippen LogP contribution is -2.46. The van der Waals surface area contributed by atoms with Gasteiger partial charge in [-0.15, -0.1) is 0 Å². The van der Waals surface area contributed by atoms with Crippen LogP contribution in [0.3, 0.4) is 0 Å². The van der Waals surface area contributed by atoms with Crippen molar-refractivity contribution in [3.05, 3.63) is 47.7 Å². The van der Waals surface area contributed by atoms with E-state index in [1.54, 1.807) is 13.0 Å². The largest absolute Gasteiger partial charge is 0.508 e. The first-order valence-corrected chi connectivity index (χ1v) is 17.9. The molecule has 0 bridgehead atoms. The molecular weight excluding hydrogens is 797 g/mol. The van der Waals surface area contributed by atoms with Crippen molar-refractivity contribution in [3.63, 3.8) is 0 Å². The molecule has 3 fully saturated rings. The van der Waals surface area contributed by atoms with Crippen molar-refractivity contribution in [1.29, 1.82) is 0 Å². The molecule has 0 amide bonds. The average molecular weight is 836 g/mol. The third kappa shape index (κ3) is 9.57. The lowest BCUT2D eigenvalue weighted by molar-refractivity contribution is -0.193. The van der Waals surface area contributed by atoms with Crippen molar-refractivity contribution in [2.24, 2.45) is 0 Å². The summed E-state index contributed by atoms with van der Waals surface area (Å²) in [7, 11) is 0. The number of hydrogen-bond acceptors (Lipinski definition) is 10. The number of aromatic hydroxyl groups is 1. The van der Waals surface area contributed by atoms with E-state index in [4.69, 9.17) is 29.5 Å². The van der Waals surface area contributed by atoms with Crippen molar-refractivity contribution < 1.29 is 74.3 Å². The molecule has 0 radical (unpaired) electrons. The Morgan fingerprint density at radius 1 is 0.983 bits per heavy atom. The van der Waals surface area contributed by atoms with Crippen molar-refractivity contribution >= 4 is 39.4 Å². The van der Waals surface area contributed by atoms with Gasteiger partial charge in [0, 0.05) is 37.8 Å². The number of aliphatic carboxylic acids is 2. The van der Waals surface area contributed by atoms with Crippen LogP contribution in [0.1, 0.15) is 51.5 Å². The van der Waals surface area contributed by atoms with E-state index in [0.717, 1.165) is 19.4 Å². The summed E-state index contributed by atoms with van der Waals surface area (Å²) < 4.78 is 116. The number of aryl methyl sites for hydroxylation is 1. The number of alkyl halides is 7. The zero-order valence-corrected chi connectivity index (χ0v) is 30.9. The van der Waals surface area contributed by atoms with Crippen LogP contribution in [0, 0.1) is 11.6 Å². The van der Waals surface area contributed by atoms with Gasteiger partial charge in [0.15, 0.2) is 5.82 Å². The molecule has 2 aromatic heterocycles. The van der Waals surface area contributed by atoms with Crippen LogP contribution in [0.25, 0.3) is 32.9 Å². The number of carbonyl (C=O) groups is 2. The number of pyridine rings is 1. The average Bonchev–Trinajstić information content (AvgIpc) is 3.65. The molecule has 0 unspecified atom stereocenters. The number of carboxylic acids is 2. The predicted molar refractivity (Wildman–Crippen MR) is 189 cm³/mol. The van der Waals surface area contributed by atoms with E-state index < -0.39 is 53.2 Å². The maximum Gasteiger partial charge on any atom is 0.490 e. The van der Waals surface area contributed by atoms with E-state index in [2.05, 4.69) is 14.9 Å². The number of anilines is 1. The van der Waals surface area contributed by atoms with Gasteiger partial charge in [-0.2, -0.15) is 36.3 Å². The van der Waals surface area contributed by atoms with E-state index in [0.29, 0.717) is 66.3 Å². The fraction of sp³-hybridized carbons (Fsp3) is 0.486. The zero-order valence-electron chi connectivity index (χ0n) is 30.9. The van der Waals surface area contributed by atoms with Crippen LogP contribution in [-0.4, -0.2) is 115 Å². The van der Waals surface area contributed by atoms with E-state index in [-0.39, 0.29) is 41.7 Å². The van der Waals surface area contributed by atoms with Gasteiger partial charge in [0.1, 0.15) is 41.4 Å². The number of benzene rings is 2. The number of rotatable bonds is 6. The standard InChI is InChI=1S/C33H36F3N5O3.2C2HF3O2/c1-3-22-25(35)7-6-19-12-21(42)13-23(26(19)22)28-27(36)29-24(15-37-28)30(40-10-4-8-32(2,43)17-40)39-31(38-29)44-18-33-9-5-11-41(33)16-20(34)14-33;2*3-2(4,5)1(6)7/h6-7,12-13,15,20,42-43H,3-5,8-11,14,16-18H2,1-2H3;2*(H,6,7)/t20-,32+,33+;;/m0../s1. The molecule has 2 aromatic carbocycles. The lowest BCUT2D eigenvalue weighted by Gasteiger charge is -2.38. The van der Waals surface area contributed by atoms with E-state index in [1.807, 2.05) is 11.8 Å². The Balaban J connectivity index is 0.000000393. The minimum Gasteiger partial charge on any atom is -0.508 e. The normalized spacial score (nSPS) is 22.2. The number of piperidine rings is 1. The van der Waals surface area contributed by atoms with Gasteiger partial charge in [-0.05, 0) is 80.1 Å².